The number of hydrogen-bond acceptors (Lipinski definition) is 5. The van der Waals surface area contributed by atoms with Crippen LogP contribution in [0.25, 0.3) is 6.08 Å². The summed E-state index contributed by atoms with van der Waals surface area (Å²) in [6.07, 6.45) is 3.65. The molecule has 1 heterocycles. The van der Waals surface area contributed by atoms with Gasteiger partial charge in [-0.15, -0.1) is 0 Å². The van der Waals surface area contributed by atoms with Crippen molar-refractivity contribution in [1.82, 2.24) is 4.98 Å². The van der Waals surface area contributed by atoms with Gasteiger partial charge in [0.15, 0.2) is 6.10 Å². The van der Waals surface area contributed by atoms with Crippen molar-refractivity contribution < 1.29 is 23.4 Å². The average molecular weight is 393 g/mol. The zero-order chi connectivity index (χ0) is 20.6. The molecule has 1 atom stereocenters. The van der Waals surface area contributed by atoms with Crippen LogP contribution in [0.15, 0.2) is 72.9 Å². The van der Waals surface area contributed by atoms with Crippen molar-refractivity contribution in [2.75, 3.05) is 14.2 Å². The summed E-state index contributed by atoms with van der Waals surface area (Å²) in [7, 11) is 3.10. The molecule has 0 bridgehead atoms. The van der Waals surface area contributed by atoms with E-state index in [1.54, 1.807) is 75.0 Å². The standard InChI is InChI=1S/C23H20FNO4/c1-27-19-12-16(13-20(15-19)28-2)9-10-22(26)29-23(21-8-3-4-11-25-21)17-6-5-7-18(24)14-17/h3-15,23H,1-2H3/b10-9+. The highest BCUT2D eigenvalue weighted by atomic mass is 19.1. The fourth-order valence-corrected chi connectivity index (χ4v) is 2.75. The second kappa shape index (κ2) is 9.50. The average Bonchev–Trinajstić information content (AvgIpc) is 2.76. The summed E-state index contributed by atoms with van der Waals surface area (Å²) in [6, 6.07) is 16.4. The fraction of sp³-hybridized carbons (Fsp3) is 0.130. The third-order valence-corrected chi connectivity index (χ3v) is 4.13. The van der Waals surface area contributed by atoms with E-state index in [2.05, 4.69) is 4.98 Å². The van der Waals surface area contributed by atoms with Gasteiger partial charge in [-0.3, -0.25) is 4.98 Å². The van der Waals surface area contributed by atoms with Crippen LogP contribution in [0.5, 0.6) is 11.5 Å². The summed E-state index contributed by atoms with van der Waals surface area (Å²) in [5, 5.41) is 0. The van der Waals surface area contributed by atoms with Gasteiger partial charge >= 0.3 is 5.97 Å². The number of rotatable bonds is 7. The van der Waals surface area contributed by atoms with Crippen molar-refractivity contribution in [3.63, 3.8) is 0 Å². The summed E-state index contributed by atoms with van der Waals surface area (Å²) < 4.78 is 29.7. The molecule has 6 heteroatoms. The van der Waals surface area contributed by atoms with Crippen molar-refractivity contribution in [3.05, 3.63) is 95.6 Å². The fourth-order valence-electron chi connectivity index (χ4n) is 2.75. The zero-order valence-corrected chi connectivity index (χ0v) is 16.0. The van der Waals surface area contributed by atoms with Gasteiger partial charge < -0.3 is 14.2 Å². The van der Waals surface area contributed by atoms with E-state index in [0.717, 1.165) is 0 Å². The Balaban J connectivity index is 1.83. The molecular weight excluding hydrogens is 373 g/mol. The molecule has 0 aliphatic carbocycles. The lowest BCUT2D eigenvalue weighted by atomic mass is 10.1. The summed E-state index contributed by atoms with van der Waals surface area (Å²) in [5.74, 6) is 0.192. The highest BCUT2D eigenvalue weighted by molar-refractivity contribution is 5.87. The topological polar surface area (TPSA) is 57.7 Å². The smallest absolute Gasteiger partial charge is 0.331 e. The lowest BCUT2D eigenvalue weighted by Gasteiger charge is -2.17. The molecular formula is C23H20FNO4. The molecule has 1 aromatic heterocycles. The maximum Gasteiger partial charge on any atom is 0.331 e. The second-order valence-corrected chi connectivity index (χ2v) is 6.11. The maximum atomic E-state index is 13.7. The van der Waals surface area contributed by atoms with Gasteiger partial charge in [0.05, 0.1) is 19.9 Å². The minimum absolute atomic E-state index is 0.418. The molecule has 2 aromatic carbocycles. The molecule has 3 rings (SSSR count). The van der Waals surface area contributed by atoms with E-state index in [1.807, 2.05) is 0 Å². The largest absolute Gasteiger partial charge is 0.497 e. The minimum atomic E-state index is -0.830. The highest BCUT2D eigenvalue weighted by Crippen LogP contribution is 2.26. The molecule has 0 amide bonds. The first-order valence-corrected chi connectivity index (χ1v) is 8.87. The quantitative estimate of drug-likeness (QED) is 0.434. The van der Waals surface area contributed by atoms with Crippen LogP contribution < -0.4 is 9.47 Å². The number of halogens is 1. The molecule has 0 N–H and O–H groups in total. The Hall–Kier alpha value is -3.67. The molecule has 0 aliphatic rings. The lowest BCUT2D eigenvalue weighted by Crippen LogP contribution is -2.12. The minimum Gasteiger partial charge on any atom is -0.497 e. The van der Waals surface area contributed by atoms with Crippen molar-refractivity contribution in [3.8, 4) is 11.5 Å². The van der Waals surface area contributed by atoms with Gasteiger partial charge in [0.2, 0.25) is 0 Å². The van der Waals surface area contributed by atoms with Crippen molar-refractivity contribution in [1.29, 1.82) is 0 Å². The van der Waals surface area contributed by atoms with E-state index < -0.39 is 17.9 Å². The molecule has 0 spiro atoms. The van der Waals surface area contributed by atoms with Gasteiger partial charge in [0.1, 0.15) is 17.3 Å². The first-order chi connectivity index (χ1) is 14.1. The number of esters is 1. The zero-order valence-electron chi connectivity index (χ0n) is 16.0. The van der Waals surface area contributed by atoms with Gasteiger partial charge in [-0.25, -0.2) is 9.18 Å². The molecule has 148 valence electrons. The second-order valence-electron chi connectivity index (χ2n) is 6.11. The Labute approximate surface area is 168 Å². The van der Waals surface area contributed by atoms with Crippen LogP contribution in [0.3, 0.4) is 0 Å². The normalized spacial score (nSPS) is 11.8. The first kappa shape index (κ1) is 20.1. The summed E-state index contributed by atoms with van der Waals surface area (Å²) >= 11 is 0. The number of nitrogens with zero attached hydrogens (tertiary/aromatic N) is 1. The van der Waals surface area contributed by atoms with Gasteiger partial charge in [0, 0.05) is 23.9 Å². The van der Waals surface area contributed by atoms with Crippen molar-refractivity contribution in [2.45, 2.75) is 6.10 Å². The Bertz CT molecular complexity index is 983. The third-order valence-electron chi connectivity index (χ3n) is 4.13. The van der Waals surface area contributed by atoms with E-state index in [1.165, 1.54) is 18.2 Å². The molecule has 0 aliphatic heterocycles. The van der Waals surface area contributed by atoms with Crippen LogP contribution in [0.2, 0.25) is 0 Å². The Morgan fingerprint density at radius 3 is 2.38 bits per heavy atom. The van der Waals surface area contributed by atoms with E-state index in [4.69, 9.17) is 14.2 Å². The summed E-state index contributed by atoms with van der Waals surface area (Å²) in [6.45, 7) is 0. The molecule has 0 saturated heterocycles. The van der Waals surface area contributed by atoms with Gasteiger partial charge in [-0.05, 0) is 48.0 Å². The van der Waals surface area contributed by atoms with Gasteiger partial charge in [-0.2, -0.15) is 0 Å². The number of methoxy groups -OCH3 is 2. The molecule has 0 saturated carbocycles. The van der Waals surface area contributed by atoms with Crippen LogP contribution in [-0.2, 0) is 9.53 Å². The maximum absolute atomic E-state index is 13.7. The van der Waals surface area contributed by atoms with Crippen LogP contribution in [-0.4, -0.2) is 25.2 Å². The Morgan fingerprint density at radius 1 is 1.00 bits per heavy atom. The number of carbonyl (C=O) groups excluding carboxylic acids is 1. The number of carbonyl (C=O) groups is 1. The number of benzene rings is 2. The Kier molecular flexibility index (Phi) is 6.58. The van der Waals surface area contributed by atoms with Crippen LogP contribution in [0.1, 0.15) is 22.9 Å². The molecule has 0 fully saturated rings. The van der Waals surface area contributed by atoms with E-state index in [0.29, 0.717) is 28.3 Å². The van der Waals surface area contributed by atoms with Crippen molar-refractivity contribution in [2.24, 2.45) is 0 Å². The number of ether oxygens (including phenoxy) is 3. The number of pyridine rings is 1. The molecule has 0 radical (unpaired) electrons. The number of hydrogen-bond donors (Lipinski definition) is 0. The molecule has 29 heavy (non-hydrogen) atoms. The number of aromatic nitrogens is 1. The van der Waals surface area contributed by atoms with Crippen LogP contribution in [0.4, 0.5) is 4.39 Å². The SMILES string of the molecule is COc1cc(/C=C/C(=O)OC(c2cccc(F)c2)c2ccccn2)cc(OC)c1. The van der Waals surface area contributed by atoms with Gasteiger partial charge in [0.25, 0.3) is 0 Å². The third kappa shape index (κ3) is 5.42. The summed E-state index contributed by atoms with van der Waals surface area (Å²) in [5.41, 5.74) is 1.70. The van der Waals surface area contributed by atoms with Crippen molar-refractivity contribution >= 4 is 12.0 Å². The van der Waals surface area contributed by atoms with E-state index in [9.17, 15) is 9.18 Å². The molecule has 1 unspecified atom stereocenters. The lowest BCUT2D eigenvalue weighted by molar-refractivity contribution is -0.141. The Morgan fingerprint density at radius 2 is 1.76 bits per heavy atom. The summed E-state index contributed by atoms with van der Waals surface area (Å²) in [4.78, 5) is 16.7. The van der Waals surface area contributed by atoms with Crippen LogP contribution >= 0.6 is 0 Å². The predicted octanol–water partition coefficient (Wildman–Crippen LogP) is 4.58. The van der Waals surface area contributed by atoms with Gasteiger partial charge in [-0.1, -0.05) is 18.2 Å². The first-order valence-electron chi connectivity index (χ1n) is 8.87. The highest BCUT2D eigenvalue weighted by Gasteiger charge is 2.19. The monoisotopic (exact) mass is 393 g/mol. The predicted molar refractivity (Wildman–Crippen MR) is 107 cm³/mol. The van der Waals surface area contributed by atoms with Crippen LogP contribution in [0, 0.1) is 5.82 Å². The molecule has 5 nitrogen and oxygen atoms in total. The van der Waals surface area contributed by atoms with E-state index >= 15 is 0 Å². The van der Waals surface area contributed by atoms with E-state index in [-0.39, 0.29) is 0 Å². The molecule has 3 aromatic rings.